The summed E-state index contributed by atoms with van der Waals surface area (Å²) in [6.07, 6.45) is 7.62. The zero-order chi connectivity index (χ0) is 30.0. The van der Waals surface area contributed by atoms with Gasteiger partial charge in [-0.15, -0.1) is 10.2 Å². The van der Waals surface area contributed by atoms with E-state index in [0.717, 1.165) is 66.1 Å². The monoisotopic (exact) mass is 659 g/mol. The van der Waals surface area contributed by atoms with Crippen LogP contribution in [0.2, 0.25) is 0 Å². The van der Waals surface area contributed by atoms with Crippen LogP contribution in [0.3, 0.4) is 0 Å². The zero-order valence-corrected chi connectivity index (χ0v) is 26.0. The summed E-state index contributed by atoms with van der Waals surface area (Å²) in [6, 6.07) is 18.4. The van der Waals surface area contributed by atoms with Crippen molar-refractivity contribution in [2.75, 3.05) is 42.5 Å². The van der Waals surface area contributed by atoms with Crippen molar-refractivity contribution in [1.29, 1.82) is 0 Å². The molecule has 5 heterocycles. The molecule has 3 aromatic heterocycles. The van der Waals surface area contributed by atoms with E-state index in [2.05, 4.69) is 58.0 Å². The third kappa shape index (κ3) is 5.96. The van der Waals surface area contributed by atoms with Crippen LogP contribution in [0.15, 0.2) is 71.6 Å². The number of halogens is 1. The van der Waals surface area contributed by atoms with Crippen LogP contribution < -0.4 is 29.7 Å². The Morgan fingerprint density at radius 3 is 2.50 bits per heavy atom. The van der Waals surface area contributed by atoms with Gasteiger partial charge in [0.05, 0.1) is 17.6 Å². The van der Waals surface area contributed by atoms with E-state index in [4.69, 9.17) is 24.7 Å². The quantitative estimate of drug-likeness (QED) is 0.181. The average Bonchev–Trinajstić information content (AvgIpc) is 3.29. The lowest BCUT2D eigenvalue weighted by atomic mass is 9.92. The van der Waals surface area contributed by atoms with Crippen molar-refractivity contribution in [2.45, 2.75) is 50.0 Å². The number of aromatic nitrogens is 4. The van der Waals surface area contributed by atoms with Gasteiger partial charge in [0, 0.05) is 68.6 Å². The molecule has 1 saturated carbocycles. The topological polar surface area (TPSA) is 121 Å². The summed E-state index contributed by atoms with van der Waals surface area (Å²) in [6.45, 7) is 1.82. The number of ether oxygens (including phenoxy) is 4. The van der Waals surface area contributed by atoms with Crippen molar-refractivity contribution in [2.24, 2.45) is 0 Å². The fraction of sp³-hybridized carbons (Fsp3) is 0.375. The molecule has 2 bridgehead atoms. The van der Waals surface area contributed by atoms with Gasteiger partial charge in [0.1, 0.15) is 28.3 Å². The lowest BCUT2D eigenvalue weighted by molar-refractivity contribution is 0.00210. The van der Waals surface area contributed by atoms with Crippen LogP contribution in [-0.2, 0) is 4.74 Å². The molecule has 0 spiro atoms. The first-order valence-electron chi connectivity index (χ1n) is 14.8. The maximum Gasteiger partial charge on any atom is 0.215 e. The molecule has 2 unspecified atom stereocenters. The van der Waals surface area contributed by atoms with Gasteiger partial charge in [-0.3, -0.25) is 0 Å². The second kappa shape index (κ2) is 12.4. The molecule has 11 nitrogen and oxygen atoms in total. The summed E-state index contributed by atoms with van der Waals surface area (Å²) in [7, 11) is 1.60. The maximum atomic E-state index is 6.40. The highest BCUT2D eigenvalue weighted by molar-refractivity contribution is 9.10. The highest BCUT2D eigenvalue weighted by Gasteiger charge is 2.41. The number of nitrogens with two attached hydrogens (primary N) is 1. The summed E-state index contributed by atoms with van der Waals surface area (Å²) in [5, 5.41) is 8.73. The molecular formula is C32H34BrN7O4. The number of piperazine rings is 1. The number of methoxy groups -OCH3 is 1. The molecule has 1 aliphatic carbocycles. The number of hydrogen-bond donors (Lipinski definition) is 1. The zero-order valence-electron chi connectivity index (χ0n) is 24.4. The van der Waals surface area contributed by atoms with Crippen molar-refractivity contribution in [1.82, 2.24) is 20.2 Å². The molecule has 1 aromatic carbocycles. The molecule has 12 heteroatoms. The van der Waals surface area contributed by atoms with E-state index in [1.165, 1.54) is 0 Å². The van der Waals surface area contributed by atoms with E-state index in [0.29, 0.717) is 35.2 Å². The number of benzene rings is 1. The largest absolute Gasteiger partial charge is 0.489 e. The van der Waals surface area contributed by atoms with E-state index in [-0.39, 0.29) is 19.0 Å². The molecule has 228 valence electrons. The van der Waals surface area contributed by atoms with Crippen LogP contribution >= 0.6 is 15.9 Å². The Hall–Kier alpha value is -4.16. The third-order valence-electron chi connectivity index (χ3n) is 8.48. The number of pyridine rings is 2. The van der Waals surface area contributed by atoms with E-state index >= 15 is 0 Å². The molecule has 3 aliphatic rings. The summed E-state index contributed by atoms with van der Waals surface area (Å²) in [5.74, 6) is 2.54. The van der Waals surface area contributed by atoms with Crippen molar-refractivity contribution in [3.05, 3.63) is 71.6 Å². The number of fused-ring (bicyclic) bond motifs is 2. The Bertz CT molecular complexity index is 1590. The number of anilines is 3. The SMILES string of the molecule is COCOc1ccccc1-c1cc(N2CC3CCC(C2)N3c2ccnc(OC3CC(Oc4ccc(Br)nc4)C3)c2)c(N)nn1. The Morgan fingerprint density at radius 2 is 1.73 bits per heavy atom. The Balaban J connectivity index is 1.01. The normalized spacial score (nSPS) is 22.4. The van der Waals surface area contributed by atoms with Gasteiger partial charge in [0.2, 0.25) is 5.88 Å². The third-order valence-corrected chi connectivity index (χ3v) is 8.95. The second-order valence-corrected chi connectivity index (χ2v) is 12.2. The number of nitrogen functional groups attached to an aromatic ring is 1. The lowest BCUT2D eigenvalue weighted by Crippen LogP contribution is -2.54. The van der Waals surface area contributed by atoms with Crippen LogP contribution in [0.1, 0.15) is 25.7 Å². The average molecular weight is 661 g/mol. The summed E-state index contributed by atoms with van der Waals surface area (Å²) in [4.78, 5) is 13.6. The fourth-order valence-electron chi connectivity index (χ4n) is 6.35. The van der Waals surface area contributed by atoms with Gasteiger partial charge in [-0.2, -0.15) is 0 Å². The predicted octanol–water partition coefficient (Wildman–Crippen LogP) is 5.11. The number of nitrogens with zero attached hydrogens (tertiary/aromatic N) is 6. The minimum Gasteiger partial charge on any atom is -0.489 e. The molecule has 2 aliphatic heterocycles. The van der Waals surface area contributed by atoms with Crippen LogP contribution in [-0.4, -0.2) is 71.4 Å². The van der Waals surface area contributed by atoms with Gasteiger partial charge in [-0.1, -0.05) is 12.1 Å². The van der Waals surface area contributed by atoms with E-state index in [1.807, 2.05) is 48.7 Å². The minimum absolute atomic E-state index is 0.0844. The Kier molecular flexibility index (Phi) is 8.09. The van der Waals surface area contributed by atoms with Crippen molar-refractivity contribution < 1.29 is 18.9 Å². The van der Waals surface area contributed by atoms with Gasteiger partial charge in [-0.25, -0.2) is 9.97 Å². The summed E-state index contributed by atoms with van der Waals surface area (Å²) < 4.78 is 23.9. The van der Waals surface area contributed by atoms with Gasteiger partial charge < -0.3 is 34.5 Å². The van der Waals surface area contributed by atoms with Gasteiger partial charge in [0.25, 0.3) is 0 Å². The molecule has 2 atom stereocenters. The molecule has 0 radical (unpaired) electrons. The standard InChI is InChI=1S/C32H34BrN7O4/c1-41-19-42-29-5-3-2-4-26(29)27-15-28(32(34)38-37-27)39-17-21-6-7-22(18-39)40(21)20-10-11-35-31(12-20)44-25-13-24(14-25)43-23-8-9-30(33)36-16-23/h2-5,8-12,15-16,21-22,24-25H,6-7,13-14,17-19H2,1H3,(H2,34,38). The van der Waals surface area contributed by atoms with Crippen LogP contribution in [0, 0.1) is 0 Å². The van der Waals surface area contributed by atoms with Gasteiger partial charge in [0.15, 0.2) is 12.6 Å². The minimum atomic E-state index is 0.0844. The van der Waals surface area contributed by atoms with Crippen molar-refractivity contribution in [3.8, 4) is 28.6 Å². The lowest BCUT2D eigenvalue weighted by Gasteiger charge is -2.43. The first-order valence-corrected chi connectivity index (χ1v) is 15.6. The number of para-hydroxylation sites is 1. The molecule has 7 rings (SSSR count). The number of hydrogen-bond acceptors (Lipinski definition) is 11. The molecule has 44 heavy (non-hydrogen) atoms. The molecule has 3 fully saturated rings. The predicted molar refractivity (Wildman–Crippen MR) is 170 cm³/mol. The molecule has 2 N–H and O–H groups in total. The molecule has 4 aromatic rings. The Labute approximate surface area is 264 Å². The van der Waals surface area contributed by atoms with Gasteiger partial charge >= 0.3 is 0 Å². The van der Waals surface area contributed by atoms with E-state index in [9.17, 15) is 0 Å². The van der Waals surface area contributed by atoms with Gasteiger partial charge in [-0.05, 0) is 65.2 Å². The highest BCUT2D eigenvalue weighted by Crippen LogP contribution is 2.40. The van der Waals surface area contributed by atoms with Crippen LogP contribution in [0.5, 0.6) is 17.4 Å². The summed E-state index contributed by atoms with van der Waals surface area (Å²) in [5.41, 5.74) is 9.99. The Morgan fingerprint density at radius 1 is 0.932 bits per heavy atom. The van der Waals surface area contributed by atoms with Crippen molar-refractivity contribution in [3.63, 3.8) is 0 Å². The van der Waals surface area contributed by atoms with E-state index in [1.54, 1.807) is 13.3 Å². The first-order chi connectivity index (χ1) is 21.5. The smallest absolute Gasteiger partial charge is 0.215 e. The fourth-order valence-corrected chi connectivity index (χ4v) is 6.59. The second-order valence-electron chi connectivity index (χ2n) is 11.4. The first kappa shape index (κ1) is 28.6. The number of rotatable bonds is 10. The van der Waals surface area contributed by atoms with Crippen LogP contribution in [0.4, 0.5) is 17.2 Å². The van der Waals surface area contributed by atoms with E-state index < -0.39 is 0 Å². The molecular weight excluding hydrogens is 626 g/mol. The maximum absolute atomic E-state index is 6.40. The van der Waals surface area contributed by atoms with Crippen molar-refractivity contribution >= 4 is 33.1 Å². The highest BCUT2D eigenvalue weighted by atomic mass is 79.9. The van der Waals surface area contributed by atoms with Crippen LogP contribution in [0.25, 0.3) is 11.3 Å². The molecule has 2 saturated heterocycles. The summed E-state index contributed by atoms with van der Waals surface area (Å²) >= 11 is 3.35. The molecule has 0 amide bonds.